The highest BCUT2D eigenvalue weighted by Gasteiger charge is 2.43. The molecule has 222 valence electrons. The zero-order valence-corrected chi connectivity index (χ0v) is 23.5. The van der Waals surface area contributed by atoms with Crippen molar-refractivity contribution >= 4 is 57.1 Å². The Balaban J connectivity index is 1.17. The number of rotatable bonds is 10. The minimum absolute atomic E-state index is 0.142. The predicted molar refractivity (Wildman–Crippen MR) is 140 cm³/mol. The second kappa shape index (κ2) is 11.3. The topological polar surface area (TPSA) is 262 Å². The minimum Gasteiger partial charge on any atom is -0.431 e. The zero-order chi connectivity index (χ0) is 30.3. The van der Waals surface area contributed by atoms with Gasteiger partial charge in [-0.15, -0.1) is 0 Å². The standard InChI is InChI=1S/C20H19N6O13P3/c1-22-14-6-11-2-3-12(7-15(11)36-20(14)27)37-41(30,31)39-42(32,33)38-40(28,29)34-8-13-4-5-16(35-13)26-10-25-17-18(21)23-9-24-19(17)26/h2-3,6-7,9-10,13,16H,4-5,8H2,(H,28,29)(H,30,31)(H,32,33)(H2,21,23,24). The molecule has 5 unspecified atom stereocenters. The maximum absolute atomic E-state index is 12.3. The number of fused-ring (bicyclic) bond motifs is 2. The second-order valence-corrected chi connectivity index (χ2v) is 13.1. The van der Waals surface area contributed by atoms with Gasteiger partial charge in [0, 0.05) is 11.5 Å². The third-order valence-corrected chi connectivity index (χ3v) is 9.87. The Morgan fingerprint density at radius 2 is 1.83 bits per heavy atom. The van der Waals surface area contributed by atoms with Crippen molar-refractivity contribution in [2.24, 2.45) is 0 Å². The lowest BCUT2D eigenvalue weighted by Crippen LogP contribution is -2.16. The third kappa shape index (κ3) is 6.75. The monoisotopic (exact) mass is 644 g/mol. The van der Waals surface area contributed by atoms with Crippen molar-refractivity contribution in [1.82, 2.24) is 19.5 Å². The quantitative estimate of drug-likeness (QED) is 0.110. The number of anilines is 1. The molecule has 0 aliphatic carbocycles. The second-order valence-electron chi connectivity index (χ2n) is 8.56. The van der Waals surface area contributed by atoms with Gasteiger partial charge in [-0.3, -0.25) is 18.8 Å². The van der Waals surface area contributed by atoms with Crippen molar-refractivity contribution in [3.63, 3.8) is 0 Å². The lowest BCUT2D eigenvalue weighted by molar-refractivity contribution is -0.0205. The van der Waals surface area contributed by atoms with E-state index in [1.54, 1.807) is 4.57 Å². The molecule has 5 rings (SSSR count). The van der Waals surface area contributed by atoms with Crippen LogP contribution in [-0.2, 0) is 31.6 Å². The fraction of sp³-hybridized carbons (Fsp3) is 0.250. The van der Waals surface area contributed by atoms with Gasteiger partial charge in [0.25, 0.3) is 5.69 Å². The fourth-order valence-corrected chi connectivity index (χ4v) is 7.47. The van der Waals surface area contributed by atoms with Crippen LogP contribution in [0.2, 0.25) is 0 Å². The van der Waals surface area contributed by atoms with E-state index in [2.05, 4.69) is 32.9 Å². The summed E-state index contributed by atoms with van der Waals surface area (Å²) in [6.45, 7) is 6.36. The molecule has 19 nitrogen and oxygen atoms in total. The van der Waals surface area contributed by atoms with Crippen molar-refractivity contribution in [2.75, 3.05) is 12.3 Å². The molecule has 0 saturated carbocycles. The van der Waals surface area contributed by atoms with Gasteiger partial charge < -0.3 is 29.2 Å². The Labute approximate surface area is 234 Å². The van der Waals surface area contributed by atoms with Crippen LogP contribution in [0.5, 0.6) is 5.75 Å². The number of benzene rings is 1. The van der Waals surface area contributed by atoms with E-state index in [0.717, 1.165) is 12.1 Å². The van der Waals surface area contributed by atoms with Crippen LogP contribution in [0.15, 0.2) is 46.1 Å². The molecule has 3 aromatic heterocycles. The summed E-state index contributed by atoms with van der Waals surface area (Å²) in [7, 11) is -16.6. The lowest BCUT2D eigenvalue weighted by Gasteiger charge is -2.20. The molecule has 1 saturated heterocycles. The number of hydrogen-bond donors (Lipinski definition) is 4. The van der Waals surface area contributed by atoms with Crippen LogP contribution in [0.25, 0.3) is 27.0 Å². The molecule has 1 aliphatic heterocycles. The molecule has 1 fully saturated rings. The number of imidazole rings is 1. The maximum atomic E-state index is 12.3. The summed E-state index contributed by atoms with van der Waals surface area (Å²) < 4.78 is 66.8. The summed E-state index contributed by atoms with van der Waals surface area (Å²) in [4.78, 5) is 56.5. The zero-order valence-electron chi connectivity index (χ0n) is 20.8. The van der Waals surface area contributed by atoms with E-state index in [1.807, 2.05) is 0 Å². The molecule has 5 atom stereocenters. The van der Waals surface area contributed by atoms with E-state index in [9.17, 15) is 33.2 Å². The van der Waals surface area contributed by atoms with Crippen LogP contribution in [0.3, 0.4) is 0 Å². The van der Waals surface area contributed by atoms with Crippen molar-refractivity contribution in [2.45, 2.75) is 25.2 Å². The number of phosphoric acid groups is 3. The molecule has 5 N–H and O–H groups in total. The molecule has 0 amide bonds. The molecule has 22 heteroatoms. The van der Waals surface area contributed by atoms with Crippen molar-refractivity contribution in [3.8, 4) is 5.75 Å². The van der Waals surface area contributed by atoms with Crippen molar-refractivity contribution < 1.29 is 55.2 Å². The molecule has 4 heterocycles. The summed E-state index contributed by atoms with van der Waals surface area (Å²) in [5.41, 5.74) is 5.13. The SMILES string of the molecule is [C-]#[N+]c1cc2ccc(OP(=O)(O)OP(=O)(O)OP(=O)(O)OCC3CCC(n4cnc5c(N)ncnc54)O3)cc2oc1=O. The largest absolute Gasteiger partial charge is 0.536 e. The van der Waals surface area contributed by atoms with Crippen molar-refractivity contribution in [1.29, 1.82) is 0 Å². The minimum atomic E-state index is -5.75. The summed E-state index contributed by atoms with van der Waals surface area (Å²) in [5.74, 6) is -0.284. The molecule has 42 heavy (non-hydrogen) atoms. The van der Waals surface area contributed by atoms with Crippen LogP contribution >= 0.6 is 23.5 Å². The number of ether oxygens (including phenoxy) is 1. The van der Waals surface area contributed by atoms with Gasteiger partial charge in [-0.05, 0) is 31.0 Å². The first-order chi connectivity index (χ1) is 19.7. The Bertz CT molecular complexity index is 1920. The number of nitrogens with two attached hydrogens (primary N) is 1. The highest BCUT2D eigenvalue weighted by atomic mass is 31.3. The number of aromatic nitrogens is 4. The number of nitrogen functional groups attached to an aromatic ring is 1. The van der Waals surface area contributed by atoms with Gasteiger partial charge in [0.15, 0.2) is 11.5 Å². The summed E-state index contributed by atoms with van der Waals surface area (Å²) in [5, 5.41) is 0.269. The molecule has 0 radical (unpaired) electrons. The molecule has 0 bridgehead atoms. The molecular weight excluding hydrogens is 625 g/mol. The van der Waals surface area contributed by atoms with Gasteiger partial charge in [0.1, 0.15) is 29.4 Å². The smallest absolute Gasteiger partial charge is 0.431 e. The van der Waals surface area contributed by atoms with E-state index < -0.39 is 53.8 Å². The Morgan fingerprint density at radius 3 is 2.60 bits per heavy atom. The van der Waals surface area contributed by atoms with Crippen molar-refractivity contribution in [3.05, 3.63) is 58.8 Å². The van der Waals surface area contributed by atoms with Gasteiger partial charge in [0.2, 0.25) is 0 Å². The third-order valence-electron chi connectivity index (χ3n) is 5.65. The van der Waals surface area contributed by atoms with E-state index in [4.69, 9.17) is 26.0 Å². The molecule has 0 spiro atoms. The fourth-order valence-electron chi connectivity index (χ4n) is 3.94. The predicted octanol–water partition coefficient (Wildman–Crippen LogP) is 3.17. The van der Waals surface area contributed by atoms with Gasteiger partial charge >= 0.3 is 29.1 Å². The Hall–Kier alpha value is -3.52. The molecule has 1 aromatic carbocycles. The maximum Gasteiger partial charge on any atom is 0.536 e. The Morgan fingerprint density at radius 1 is 1.07 bits per heavy atom. The number of phosphoric ester groups is 2. The van der Waals surface area contributed by atoms with E-state index in [1.165, 1.54) is 24.8 Å². The molecular formula is C20H19N6O13P3. The van der Waals surface area contributed by atoms with Gasteiger partial charge in [-0.25, -0.2) is 33.5 Å². The average Bonchev–Trinajstić information content (AvgIpc) is 3.53. The van der Waals surface area contributed by atoms with Crippen LogP contribution < -0.4 is 15.9 Å². The number of hydrogen-bond acceptors (Lipinski definition) is 14. The highest BCUT2D eigenvalue weighted by Crippen LogP contribution is 2.67. The van der Waals surface area contributed by atoms with Crippen LogP contribution in [0, 0.1) is 6.57 Å². The summed E-state index contributed by atoms with van der Waals surface area (Å²) >= 11 is 0. The first-order valence-corrected chi connectivity index (χ1v) is 16.0. The highest BCUT2D eigenvalue weighted by molar-refractivity contribution is 7.67. The van der Waals surface area contributed by atoms with E-state index in [-0.39, 0.29) is 22.5 Å². The number of nitrogens with zero attached hydrogens (tertiary/aromatic N) is 5. The lowest BCUT2D eigenvalue weighted by atomic mass is 10.2. The first-order valence-electron chi connectivity index (χ1n) is 11.5. The molecule has 4 aromatic rings. The van der Waals surface area contributed by atoms with E-state index >= 15 is 0 Å². The normalized spacial score (nSPS) is 21.4. The van der Waals surface area contributed by atoms with Gasteiger partial charge in [-0.2, -0.15) is 8.62 Å². The Kier molecular flexibility index (Phi) is 8.05. The van der Waals surface area contributed by atoms with Crippen LogP contribution in [-0.4, -0.2) is 46.9 Å². The van der Waals surface area contributed by atoms with Crippen LogP contribution in [0.4, 0.5) is 11.5 Å². The summed E-state index contributed by atoms with van der Waals surface area (Å²) in [6.07, 6.45) is 2.11. The van der Waals surface area contributed by atoms with Gasteiger partial charge in [-0.1, -0.05) is 0 Å². The molecule has 1 aliphatic rings. The van der Waals surface area contributed by atoms with Gasteiger partial charge in [0.05, 0.1) is 25.6 Å². The average molecular weight is 644 g/mol. The summed E-state index contributed by atoms with van der Waals surface area (Å²) in [6, 6.07) is 4.56. The first kappa shape index (κ1) is 30.0. The van der Waals surface area contributed by atoms with E-state index in [0.29, 0.717) is 24.0 Å². The van der Waals surface area contributed by atoms with Crippen LogP contribution in [0.1, 0.15) is 19.1 Å².